The van der Waals surface area contributed by atoms with Gasteiger partial charge in [0.05, 0.1) is 18.4 Å². The average Bonchev–Trinajstić information content (AvgIpc) is 3.50. The highest BCUT2D eigenvalue weighted by Crippen LogP contribution is 2.37. The second kappa shape index (κ2) is 11.4. The summed E-state index contributed by atoms with van der Waals surface area (Å²) in [5.41, 5.74) is 4.59. The molecule has 0 unspecified atom stereocenters. The number of aromatic nitrogens is 2. The molecule has 2 aromatic carbocycles. The molecule has 9 heteroatoms. The molecule has 1 N–H and O–H groups in total. The van der Waals surface area contributed by atoms with Crippen LogP contribution in [0.5, 0.6) is 5.75 Å². The number of nitriles is 1. The topological polar surface area (TPSA) is 108 Å². The standard InChI is InChI=1S/C29H33N5O4/c1-32(2)26(29(35)36)15-19-18-34(25-11-7-6-10-21(19)25)14-8-9-20-16-24(31-38-20)22-12-13-27(37-5)28(33(3)4)23(22)17-30/h6-7,10-13,16,18,26H,8-9,14-15H2,1-5H3,(H,35,36)/t26-/m0/s1. The number of carboxylic acid groups (broad SMARTS) is 1. The van der Waals surface area contributed by atoms with Gasteiger partial charge < -0.3 is 23.8 Å². The third kappa shape index (κ3) is 5.36. The molecule has 0 spiro atoms. The van der Waals surface area contributed by atoms with Gasteiger partial charge in [0.1, 0.15) is 29.3 Å². The maximum atomic E-state index is 11.8. The number of nitrogens with zero attached hydrogens (tertiary/aromatic N) is 5. The van der Waals surface area contributed by atoms with E-state index in [0.717, 1.165) is 35.2 Å². The van der Waals surface area contributed by atoms with E-state index in [2.05, 4.69) is 28.1 Å². The first-order valence-electron chi connectivity index (χ1n) is 12.5. The van der Waals surface area contributed by atoms with E-state index in [1.807, 2.05) is 55.4 Å². The molecule has 0 aliphatic carbocycles. The van der Waals surface area contributed by atoms with Crippen LogP contribution in [0.4, 0.5) is 5.69 Å². The van der Waals surface area contributed by atoms with Crippen LogP contribution in [0.15, 0.2) is 53.2 Å². The van der Waals surface area contributed by atoms with Gasteiger partial charge in [-0.2, -0.15) is 5.26 Å². The SMILES string of the molecule is COc1ccc(-c2cc(CCCn3cc(C[C@@H](C(=O)O)N(C)C)c4ccccc43)on2)c(C#N)c1N(C)C. The molecule has 0 aliphatic rings. The summed E-state index contributed by atoms with van der Waals surface area (Å²) in [4.78, 5) is 15.3. The maximum absolute atomic E-state index is 11.8. The molecule has 0 saturated carbocycles. The quantitative estimate of drug-likeness (QED) is 0.313. The van der Waals surface area contributed by atoms with Crippen molar-refractivity contribution >= 4 is 22.6 Å². The maximum Gasteiger partial charge on any atom is 0.321 e. The van der Waals surface area contributed by atoms with Crippen LogP contribution >= 0.6 is 0 Å². The molecule has 1 atom stereocenters. The fourth-order valence-corrected chi connectivity index (χ4v) is 4.86. The van der Waals surface area contributed by atoms with E-state index >= 15 is 0 Å². The van der Waals surface area contributed by atoms with Gasteiger partial charge in [-0.3, -0.25) is 9.69 Å². The van der Waals surface area contributed by atoms with Crippen molar-refractivity contribution < 1.29 is 19.2 Å². The molecule has 2 heterocycles. The lowest BCUT2D eigenvalue weighted by atomic mass is 10.0. The van der Waals surface area contributed by atoms with Gasteiger partial charge in [-0.25, -0.2) is 0 Å². The van der Waals surface area contributed by atoms with Gasteiger partial charge in [0.25, 0.3) is 0 Å². The first kappa shape index (κ1) is 26.8. The van der Waals surface area contributed by atoms with Crippen LogP contribution in [-0.4, -0.2) is 67.0 Å². The van der Waals surface area contributed by atoms with Crippen molar-refractivity contribution in [1.82, 2.24) is 14.6 Å². The van der Waals surface area contributed by atoms with Crippen molar-refractivity contribution in [3.05, 3.63) is 65.5 Å². The number of carbonyl (C=O) groups is 1. The van der Waals surface area contributed by atoms with E-state index < -0.39 is 12.0 Å². The normalized spacial score (nSPS) is 12.0. The van der Waals surface area contributed by atoms with Gasteiger partial charge in [0, 0.05) is 62.2 Å². The van der Waals surface area contributed by atoms with Gasteiger partial charge in [-0.1, -0.05) is 23.4 Å². The molecule has 0 saturated heterocycles. The molecule has 4 aromatic rings. The number of benzene rings is 2. The number of carboxylic acids is 1. The predicted molar refractivity (Wildman–Crippen MR) is 147 cm³/mol. The Morgan fingerprint density at radius 2 is 1.97 bits per heavy atom. The number of likely N-dealkylation sites (N-methyl/N-ethyl adjacent to an activating group) is 1. The number of anilines is 1. The highest BCUT2D eigenvalue weighted by molar-refractivity contribution is 5.85. The minimum atomic E-state index is -0.831. The lowest BCUT2D eigenvalue weighted by molar-refractivity contribution is -0.142. The third-order valence-corrected chi connectivity index (χ3v) is 6.77. The van der Waals surface area contributed by atoms with Gasteiger partial charge in [-0.05, 0) is 44.3 Å². The van der Waals surface area contributed by atoms with Crippen molar-refractivity contribution in [3.63, 3.8) is 0 Å². The molecule has 0 amide bonds. The summed E-state index contributed by atoms with van der Waals surface area (Å²) in [7, 11) is 8.90. The van der Waals surface area contributed by atoms with Crippen LogP contribution in [0.3, 0.4) is 0 Å². The van der Waals surface area contributed by atoms with Crippen LogP contribution in [0.1, 0.15) is 23.3 Å². The van der Waals surface area contributed by atoms with E-state index in [4.69, 9.17) is 9.26 Å². The lowest BCUT2D eigenvalue weighted by Crippen LogP contribution is -2.37. The summed E-state index contributed by atoms with van der Waals surface area (Å²) in [5.74, 6) is 0.529. The minimum Gasteiger partial charge on any atom is -0.495 e. The molecular formula is C29H33N5O4. The second-order valence-corrected chi connectivity index (χ2v) is 9.71. The number of fused-ring (bicyclic) bond motifs is 1. The monoisotopic (exact) mass is 515 g/mol. The highest BCUT2D eigenvalue weighted by Gasteiger charge is 2.23. The van der Waals surface area contributed by atoms with Gasteiger partial charge in [-0.15, -0.1) is 0 Å². The molecule has 2 aromatic heterocycles. The fourth-order valence-electron chi connectivity index (χ4n) is 4.86. The summed E-state index contributed by atoms with van der Waals surface area (Å²) < 4.78 is 13.3. The number of ether oxygens (including phenoxy) is 1. The van der Waals surface area contributed by atoms with E-state index in [1.165, 1.54) is 0 Å². The van der Waals surface area contributed by atoms with Crippen LogP contribution in [0.25, 0.3) is 22.2 Å². The van der Waals surface area contributed by atoms with Crippen molar-refractivity contribution in [2.75, 3.05) is 40.2 Å². The number of methoxy groups -OCH3 is 1. The third-order valence-electron chi connectivity index (χ3n) is 6.77. The van der Waals surface area contributed by atoms with Crippen LogP contribution < -0.4 is 9.64 Å². The number of hydrogen-bond acceptors (Lipinski definition) is 7. The minimum absolute atomic E-state index is 0.430. The Hall–Kier alpha value is -4.29. The number of para-hydroxylation sites is 1. The van der Waals surface area contributed by atoms with Gasteiger partial charge in [0.2, 0.25) is 0 Å². The number of aryl methyl sites for hydroxylation is 2. The number of rotatable bonds is 11. The van der Waals surface area contributed by atoms with E-state index in [-0.39, 0.29) is 0 Å². The van der Waals surface area contributed by atoms with Gasteiger partial charge in [0.15, 0.2) is 0 Å². The van der Waals surface area contributed by atoms with Crippen molar-refractivity contribution in [2.45, 2.75) is 31.8 Å². The largest absolute Gasteiger partial charge is 0.495 e. The first-order chi connectivity index (χ1) is 18.2. The highest BCUT2D eigenvalue weighted by atomic mass is 16.5. The molecule has 0 radical (unpaired) electrons. The molecule has 0 aliphatic heterocycles. The molecule has 4 rings (SSSR count). The van der Waals surface area contributed by atoms with Crippen molar-refractivity contribution in [3.8, 4) is 23.1 Å². The number of aliphatic carboxylic acids is 1. The Balaban J connectivity index is 1.51. The zero-order valence-corrected chi connectivity index (χ0v) is 22.4. The zero-order chi connectivity index (χ0) is 27.4. The Labute approximate surface area is 222 Å². The summed E-state index contributed by atoms with van der Waals surface area (Å²) >= 11 is 0. The second-order valence-electron chi connectivity index (χ2n) is 9.71. The average molecular weight is 516 g/mol. The summed E-state index contributed by atoms with van der Waals surface area (Å²) in [6.07, 6.45) is 3.97. The Kier molecular flexibility index (Phi) is 8.03. The van der Waals surface area contributed by atoms with Crippen LogP contribution in [0.2, 0.25) is 0 Å². The van der Waals surface area contributed by atoms with Gasteiger partial charge >= 0.3 is 5.97 Å². The zero-order valence-electron chi connectivity index (χ0n) is 22.4. The van der Waals surface area contributed by atoms with Crippen molar-refractivity contribution in [2.24, 2.45) is 0 Å². The molecule has 0 fully saturated rings. The molecule has 38 heavy (non-hydrogen) atoms. The van der Waals surface area contributed by atoms with Crippen molar-refractivity contribution in [1.29, 1.82) is 5.26 Å². The number of hydrogen-bond donors (Lipinski definition) is 1. The summed E-state index contributed by atoms with van der Waals surface area (Å²) in [5, 5.41) is 24.8. The lowest BCUT2D eigenvalue weighted by Gasteiger charge is -2.19. The Morgan fingerprint density at radius 1 is 1.21 bits per heavy atom. The van der Waals surface area contributed by atoms with Crippen LogP contribution in [-0.2, 0) is 24.2 Å². The first-order valence-corrected chi connectivity index (χ1v) is 12.5. The fraction of sp³-hybridized carbons (Fsp3) is 0.345. The summed E-state index contributed by atoms with van der Waals surface area (Å²) in [6, 6.07) is 15.3. The van der Waals surface area contributed by atoms with E-state index in [1.54, 1.807) is 26.1 Å². The van der Waals surface area contributed by atoms with Crippen LogP contribution in [0, 0.1) is 11.3 Å². The molecular weight excluding hydrogens is 482 g/mol. The smallest absolute Gasteiger partial charge is 0.321 e. The molecule has 9 nitrogen and oxygen atoms in total. The Morgan fingerprint density at radius 3 is 2.63 bits per heavy atom. The Bertz CT molecular complexity index is 1480. The summed E-state index contributed by atoms with van der Waals surface area (Å²) in [6.45, 7) is 0.743. The molecule has 0 bridgehead atoms. The van der Waals surface area contributed by atoms with E-state index in [0.29, 0.717) is 41.1 Å². The molecule has 198 valence electrons. The predicted octanol–water partition coefficient (Wildman–Crippen LogP) is 4.43. The van der Waals surface area contributed by atoms with E-state index in [9.17, 15) is 15.2 Å².